The molecule has 0 radical (unpaired) electrons. The predicted molar refractivity (Wildman–Crippen MR) is 118 cm³/mol. The third-order valence-electron chi connectivity index (χ3n) is 5.80. The van der Waals surface area contributed by atoms with Gasteiger partial charge in [-0.05, 0) is 56.7 Å². The molecule has 3 rings (SSSR count). The Kier molecular flexibility index (Phi) is 7.75. The van der Waals surface area contributed by atoms with Gasteiger partial charge in [0.2, 0.25) is 0 Å². The highest BCUT2D eigenvalue weighted by Crippen LogP contribution is 2.29. The second kappa shape index (κ2) is 10.5. The highest BCUT2D eigenvalue weighted by atomic mass is 16.5. The van der Waals surface area contributed by atoms with Crippen LogP contribution in [0, 0.1) is 0 Å². The molecule has 1 atom stereocenters. The first-order valence-electron chi connectivity index (χ1n) is 10.9. The van der Waals surface area contributed by atoms with Crippen LogP contribution in [-0.2, 0) is 11.2 Å². The van der Waals surface area contributed by atoms with Gasteiger partial charge < -0.3 is 10.1 Å². The van der Waals surface area contributed by atoms with E-state index in [1.807, 2.05) is 36.4 Å². The van der Waals surface area contributed by atoms with Crippen LogP contribution < -0.4 is 5.32 Å². The zero-order valence-corrected chi connectivity index (χ0v) is 18.1. The van der Waals surface area contributed by atoms with Crippen molar-refractivity contribution in [3.05, 3.63) is 65.0 Å². The maximum atomic E-state index is 12.9. The summed E-state index contributed by atoms with van der Waals surface area (Å²) in [5.41, 5.74) is 2.65. The summed E-state index contributed by atoms with van der Waals surface area (Å²) in [5.74, 6) is -0.215. The standard InChI is InChI=1S/C25H32N2O3/c1-25(14-8-9-15-30-25)13-7-6-12-23(28)20-17-21(16-19-10-4-3-5-11-19)27-22(18-20)24(29)26-2/h3-5,10-11,17-18H,6-9,12-16H2,1-2H3,(H,26,29)/t25-/m1/s1. The number of hydrogen-bond donors (Lipinski definition) is 1. The molecule has 1 aromatic heterocycles. The van der Waals surface area contributed by atoms with Gasteiger partial charge in [-0.15, -0.1) is 0 Å². The fourth-order valence-electron chi connectivity index (χ4n) is 4.01. The van der Waals surface area contributed by atoms with Crippen LogP contribution >= 0.6 is 0 Å². The normalized spacial score (nSPS) is 18.7. The summed E-state index contributed by atoms with van der Waals surface area (Å²) in [6.07, 6.45) is 7.30. The van der Waals surface area contributed by atoms with Crippen molar-refractivity contribution in [1.29, 1.82) is 0 Å². The first-order valence-corrected chi connectivity index (χ1v) is 10.9. The molecule has 0 saturated carbocycles. The lowest BCUT2D eigenvalue weighted by Gasteiger charge is -2.34. The molecule has 0 bridgehead atoms. The van der Waals surface area contributed by atoms with E-state index >= 15 is 0 Å². The number of rotatable bonds is 9. The summed E-state index contributed by atoms with van der Waals surface area (Å²) in [4.78, 5) is 29.5. The highest BCUT2D eigenvalue weighted by Gasteiger charge is 2.27. The average Bonchev–Trinajstić information content (AvgIpc) is 2.77. The number of hydrogen-bond acceptors (Lipinski definition) is 4. The fraction of sp³-hybridized carbons (Fsp3) is 0.480. The van der Waals surface area contributed by atoms with Crippen LogP contribution in [0.25, 0.3) is 0 Å². The van der Waals surface area contributed by atoms with Crippen molar-refractivity contribution < 1.29 is 14.3 Å². The molecule has 160 valence electrons. The molecule has 0 aliphatic carbocycles. The zero-order valence-electron chi connectivity index (χ0n) is 18.1. The number of nitrogens with zero attached hydrogens (tertiary/aromatic N) is 1. The summed E-state index contributed by atoms with van der Waals surface area (Å²) < 4.78 is 5.95. The van der Waals surface area contributed by atoms with E-state index in [1.165, 1.54) is 6.42 Å². The molecule has 5 nitrogen and oxygen atoms in total. The lowest BCUT2D eigenvalue weighted by atomic mass is 9.90. The largest absolute Gasteiger partial charge is 0.375 e. The molecule has 1 fully saturated rings. The zero-order chi connectivity index (χ0) is 21.4. The SMILES string of the molecule is CNC(=O)c1cc(C(=O)CCCC[C@]2(C)CCCCO2)cc(Cc2ccccc2)n1. The van der Waals surface area contributed by atoms with Crippen LogP contribution in [0.3, 0.4) is 0 Å². The molecule has 0 spiro atoms. The molecular weight excluding hydrogens is 376 g/mol. The van der Waals surface area contributed by atoms with Gasteiger partial charge in [-0.3, -0.25) is 9.59 Å². The van der Waals surface area contributed by atoms with E-state index in [2.05, 4.69) is 17.2 Å². The van der Waals surface area contributed by atoms with E-state index in [1.54, 1.807) is 13.1 Å². The number of amides is 1. The Morgan fingerprint density at radius 3 is 2.63 bits per heavy atom. The molecule has 1 N–H and O–H groups in total. The number of Topliss-reactive ketones (excluding diaryl/α,β-unsaturated/α-hetero) is 1. The Labute approximate surface area is 179 Å². The van der Waals surface area contributed by atoms with Crippen molar-refractivity contribution in [2.45, 2.75) is 63.9 Å². The second-order valence-electron chi connectivity index (χ2n) is 8.36. The molecule has 1 aromatic carbocycles. The van der Waals surface area contributed by atoms with E-state index < -0.39 is 0 Å². The number of benzene rings is 1. The van der Waals surface area contributed by atoms with Gasteiger partial charge in [-0.2, -0.15) is 0 Å². The van der Waals surface area contributed by atoms with Gasteiger partial charge in [-0.25, -0.2) is 4.98 Å². The molecule has 5 heteroatoms. The van der Waals surface area contributed by atoms with E-state index in [-0.39, 0.29) is 23.0 Å². The summed E-state index contributed by atoms with van der Waals surface area (Å²) >= 11 is 0. The van der Waals surface area contributed by atoms with E-state index in [9.17, 15) is 9.59 Å². The van der Waals surface area contributed by atoms with Gasteiger partial charge in [-0.1, -0.05) is 36.8 Å². The topological polar surface area (TPSA) is 68.3 Å². The molecular formula is C25H32N2O3. The van der Waals surface area contributed by atoms with E-state index in [0.29, 0.717) is 18.4 Å². The number of pyridine rings is 1. The van der Waals surface area contributed by atoms with Gasteiger partial charge in [0.25, 0.3) is 5.91 Å². The molecule has 1 aliphatic rings. The summed E-state index contributed by atoms with van der Waals surface area (Å²) in [7, 11) is 1.57. The number of nitrogens with one attached hydrogen (secondary N) is 1. The Morgan fingerprint density at radius 1 is 1.13 bits per heavy atom. The third-order valence-corrected chi connectivity index (χ3v) is 5.80. The van der Waals surface area contributed by atoms with Gasteiger partial charge >= 0.3 is 0 Å². The van der Waals surface area contributed by atoms with Crippen LogP contribution in [-0.4, -0.2) is 35.9 Å². The summed E-state index contributed by atoms with van der Waals surface area (Å²) in [5, 5.41) is 2.60. The number of unbranched alkanes of at least 4 members (excludes halogenated alkanes) is 1. The first-order chi connectivity index (χ1) is 14.5. The third kappa shape index (κ3) is 6.23. The summed E-state index contributed by atoms with van der Waals surface area (Å²) in [6, 6.07) is 13.4. The Morgan fingerprint density at radius 2 is 1.93 bits per heavy atom. The summed E-state index contributed by atoms with van der Waals surface area (Å²) in [6.45, 7) is 3.03. The van der Waals surface area contributed by atoms with Crippen LogP contribution in [0.5, 0.6) is 0 Å². The predicted octanol–water partition coefficient (Wildman–Crippen LogP) is 4.73. The van der Waals surface area contributed by atoms with Gasteiger partial charge in [0.15, 0.2) is 5.78 Å². The van der Waals surface area contributed by atoms with Crippen LogP contribution in [0.1, 0.15) is 84.0 Å². The molecule has 1 aliphatic heterocycles. The number of ketones is 1. The molecule has 2 heterocycles. The Balaban J connectivity index is 1.64. The van der Waals surface area contributed by atoms with Crippen molar-refractivity contribution in [3.8, 4) is 0 Å². The number of carbonyl (C=O) groups is 2. The van der Waals surface area contributed by atoms with Gasteiger partial charge in [0, 0.05) is 37.8 Å². The van der Waals surface area contributed by atoms with Gasteiger partial charge in [0.1, 0.15) is 5.69 Å². The fourth-order valence-corrected chi connectivity index (χ4v) is 4.01. The second-order valence-corrected chi connectivity index (χ2v) is 8.36. The quantitative estimate of drug-likeness (QED) is 0.481. The Bertz CT molecular complexity index is 858. The van der Waals surface area contributed by atoms with Crippen molar-refractivity contribution in [2.24, 2.45) is 0 Å². The number of aromatic nitrogens is 1. The highest BCUT2D eigenvalue weighted by molar-refractivity contribution is 5.99. The minimum Gasteiger partial charge on any atom is -0.375 e. The van der Waals surface area contributed by atoms with Crippen LogP contribution in [0.4, 0.5) is 0 Å². The van der Waals surface area contributed by atoms with Crippen molar-refractivity contribution in [1.82, 2.24) is 10.3 Å². The van der Waals surface area contributed by atoms with Gasteiger partial charge in [0.05, 0.1) is 5.60 Å². The van der Waals surface area contributed by atoms with E-state index in [0.717, 1.165) is 50.0 Å². The minimum absolute atomic E-state index is 0.0345. The molecule has 0 unspecified atom stereocenters. The first kappa shape index (κ1) is 22.2. The lowest BCUT2D eigenvalue weighted by molar-refractivity contribution is -0.0712. The average molecular weight is 409 g/mol. The molecule has 1 amide bonds. The van der Waals surface area contributed by atoms with Crippen molar-refractivity contribution >= 4 is 11.7 Å². The lowest BCUT2D eigenvalue weighted by Crippen LogP contribution is -2.32. The maximum absolute atomic E-state index is 12.9. The number of carbonyl (C=O) groups excluding carboxylic acids is 2. The minimum atomic E-state index is -0.277. The maximum Gasteiger partial charge on any atom is 0.269 e. The van der Waals surface area contributed by atoms with E-state index in [4.69, 9.17) is 4.74 Å². The molecule has 30 heavy (non-hydrogen) atoms. The van der Waals surface area contributed by atoms with Crippen molar-refractivity contribution in [2.75, 3.05) is 13.7 Å². The number of ether oxygens (including phenoxy) is 1. The smallest absolute Gasteiger partial charge is 0.269 e. The van der Waals surface area contributed by atoms with Crippen LogP contribution in [0.15, 0.2) is 42.5 Å². The van der Waals surface area contributed by atoms with Crippen LogP contribution in [0.2, 0.25) is 0 Å². The van der Waals surface area contributed by atoms with Crippen molar-refractivity contribution in [3.63, 3.8) is 0 Å². The monoisotopic (exact) mass is 408 g/mol. The molecule has 2 aromatic rings. The molecule has 1 saturated heterocycles. The Hall–Kier alpha value is -2.53.